The summed E-state index contributed by atoms with van der Waals surface area (Å²) in [4.78, 5) is 2.37. The standard InChI is InChI=1S/C17H16ClN3S/c18-13-5-7-14(8-6-13)22-15-9-10-16-19-20-17(21(16)11-15)12-3-1-2-4-12/h5-12H,1-4H2. The van der Waals surface area contributed by atoms with Gasteiger partial charge >= 0.3 is 0 Å². The van der Waals surface area contributed by atoms with E-state index in [9.17, 15) is 0 Å². The maximum atomic E-state index is 5.94. The highest BCUT2D eigenvalue weighted by Crippen LogP contribution is 2.34. The van der Waals surface area contributed by atoms with Gasteiger partial charge in [-0.05, 0) is 49.2 Å². The van der Waals surface area contributed by atoms with E-state index in [1.54, 1.807) is 11.8 Å². The summed E-state index contributed by atoms with van der Waals surface area (Å²) >= 11 is 7.67. The first-order valence-corrected chi connectivity index (χ1v) is 8.77. The molecule has 2 aromatic heterocycles. The lowest BCUT2D eigenvalue weighted by molar-refractivity contribution is 0.657. The molecule has 0 N–H and O–H groups in total. The predicted molar refractivity (Wildman–Crippen MR) is 89.8 cm³/mol. The van der Waals surface area contributed by atoms with E-state index in [4.69, 9.17) is 11.6 Å². The highest BCUT2D eigenvalue weighted by atomic mass is 35.5. The van der Waals surface area contributed by atoms with Crippen molar-refractivity contribution in [2.45, 2.75) is 41.4 Å². The minimum absolute atomic E-state index is 0.561. The third-order valence-electron chi connectivity index (χ3n) is 4.17. The number of fused-ring (bicyclic) bond motifs is 1. The average Bonchev–Trinajstić information content (AvgIpc) is 3.18. The maximum absolute atomic E-state index is 5.94. The van der Waals surface area contributed by atoms with Crippen LogP contribution in [-0.2, 0) is 0 Å². The van der Waals surface area contributed by atoms with E-state index in [0.29, 0.717) is 5.92 Å². The second-order valence-electron chi connectivity index (χ2n) is 5.69. The van der Waals surface area contributed by atoms with Crippen molar-refractivity contribution in [2.75, 3.05) is 0 Å². The molecule has 1 aliphatic carbocycles. The topological polar surface area (TPSA) is 30.2 Å². The largest absolute Gasteiger partial charge is 0.285 e. The molecule has 0 saturated heterocycles. The zero-order valence-electron chi connectivity index (χ0n) is 12.1. The highest BCUT2D eigenvalue weighted by molar-refractivity contribution is 7.99. The summed E-state index contributed by atoms with van der Waals surface area (Å²) in [5.74, 6) is 1.68. The van der Waals surface area contributed by atoms with Gasteiger partial charge in [-0.1, -0.05) is 36.2 Å². The van der Waals surface area contributed by atoms with Gasteiger partial charge in [-0.15, -0.1) is 10.2 Å². The number of rotatable bonds is 3. The molecule has 22 heavy (non-hydrogen) atoms. The van der Waals surface area contributed by atoms with Crippen molar-refractivity contribution in [2.24, 2.45) is 0 Å². The summed E-state index contributed by atoms with van der Waals surface area (Å²) in [5.41, 5.74) is 0.933. The molecule has 112 valence electrons. The summed E-state index contributed by atoms with van der Waals surface area (Å²) in [6, 6.07) is 12.1. The Kier molecular flexibility index (Phi) is 3.80. The number of hydrogen-bond acceptors (Lipinski definition) is 3. The van der Waals surface area contributed by atoms with Crippen LogP contribution in [0.1, 0.15) is 37.4 Å². The summed E-state index contributed by atoms with van der Waals surface area (Å²) < 4.78 is 2.16. The van der Waals surface area contributed by atoms with Crippen LogP contribution in [-0.4, -0.2) is 14.6 Å². The number of halogens is 1. The fourth-order valence-corrected chi connectivity index (χ4v) is 4.01. The van der Waals surface area contributed by atoms with E-state index < -0.39 is 0 Å². The summed E-state index contributed by atoms with van der Waals surface area (Å²) in [6.45, 7) is 0. The molecule has 4 rings (SSSR count). The Morgan fingerprint density at radius 1 is 0.955 bits per heavy atom. The van der Waals surface area contributed by atoms with Gasteiger partial charge in [0, 0.05) is 26.9 Å². The normalized spacial score (nSPS) is 15.7. The van der Waals surface area contributed by atoms with Gasteiger partial charge in [0.25, 0.3) is 0 Å². The number of pyridine rings is 1. The van der Waals surface area contributed by atoms with Gasteiger partial charge in [0.2, 0.25) is 0 Å². The molecular formula is C17H16ClN3S. The Bertz CT molecular complexity index is 791. The van der Waals surface area contributed by atoms with Crippen LogP contribution >= 0.6 is 23.4 Å². The summed E-state index contributed by atoms with van der Waals surface area (Å²) in [5, 5.41) is 9.50. The zero-order chi connectivity index (χ0) is 14.9. The first-order chi connectivity index (χ1) is 10.8. The Balaban J connectivity index is 1.66. The van der Waals surface area contributed by atoms with E-state index in [1.807, 2.05) is 30.3 Å². The number of hydrogen-bond donors (Lipinski definition) is 0. The summed E-state index contributed by atoms with van der Waals surface area (Å²) in [6.07, 6.45) is 7.23. The minimum atomic E-state index is 0.561. The molecule has 1 aliphatic rings. The first kappa shape index (κ1) is 14.1. The fraction of sp³-hybridized carbons (Fsp3) is 0.294. The van der Waals surface area contributed by atoms with Crippen LogP contribution in [0.4, 0.5) is 0 Å². The lowest BCUT2D eigenvalue weighted by atomic mass is 10.1. The van der Waals surface area contributed by atoms with Crippen LogP contribution in [0.25, 0.3) is 5.65 Å². The molecule has 5 heteroatoms. The van der Waals surface area contributed by atoms with Gasteiger partial charge in [-0.2, -0.15) is 0 Å². The molecule has 3 nitrogen and oxygen atoms in total. The second-order valence-corrected chi connectivity index (χ2v) is 7.27. The van der Waals surface area contributed by atoms with Crippen LogP contribution in [0.3, 0.4) is 0 Å². The van der Waals surface area contributed by atoms with Crippen LogP contribution in [0, 0.1) is 0 Å². The molecule has 3 aromatic rings. The van der Waals surface area contributed by atoms with Gasteiger partial charge in [0.1, 0.15) is 5.82 Å². The van der Waals surface area contributed by atoms with Crippen LogP contribution < -0.4 is 0 Å². The molecule has 0 bridgehead atoms. The number of aromatic nitrogens is 3. The Morgan fingerprint density at radius 3 is 2.45 bits per heavy atom. The van der Waals surface area contributed by atoms with E-state index in [1.165, 1.54) is 35.5 Å². The Hall–Kier alpha value is -1.52. The van der Waals surface area contributed by atoms with E-state index in [2.05, 4.69) is 26.9 Å². The average molecular weight is 330 g/mol. The molecule has 0 unspecified atom stereocenters. The summed E-state index contributed by atoms with van der Waals surface area (Å²) in [7, 11) is 0. The van der Waals surface area contributed by atoms with Crippen LogP contribution in [0.5, 0.6) is 0 Å². The van der Waals surface area contributed by atoms with Crippen molar-refractivity contribution < 1.29 is 0 Å². The maximum Gasteiger partial charge on any atom is 0.160 e. The molecular weight excluding hydrogens is 314 g/mol. The van der Waals surface area contributed by atoms with Gasteiger partial charge < -0.3 is 0 Å². The SMILES string of the molecule is Clc1ccc(Sc2ccc3nnc(C4CCCC4)n3c2)cc1. The number of nitrogens with zero attached hydrogens (tertiary/aromatic N) is 3. The van der Waals surface area contributed by atoms with Crippen molar-refractivity contribution in [1.29, 1.82) is 0 Å². The van der Waals surface area contributed by atoms with Crippen LogP contribution in [0.2, 0.25) is 5.02 Å². The Labute approximate surface area is 138 Å². The molecule has 1 fully saturated rings. The van der Waals surface area contributed by atoms with Crippen molar-refractivity contribution in [1.82, 2.24) is 14.6 Å². The van der Waals surface area contributed by atoms with Gasteiger partial charge in [0.05, 0.1) is 0 Å². The highest BCUT2D eigenvalue weighted by Gasteiger charge is 2.22. The van der Waals surface area contributed by atoms with E-state index in [0.717, 1.165) is 16.5 Å². The van der Waals surface area contributed by atoms with E-state index in [-0.39, 0.29) is 0 Å². The van der Waals surface area contributed by atoms with Crippen molar-refractivity contribution >= 4 is 29.0 Å². The van der Waals surface area contributed by atoms with Gasteiger partial charge in [-0.25, -0.2) is 0 Å². The quantitative estimate of drug-likeness (QED) is 0.662. The molecule has 2 heterocycles. The molecule has 0 amide bonds. The predicted octanol–water partition coefficient (Wildman–Crippen LogP) is 5.19. The molecule has 1 saturated carbocycles. The lowest BCUT2D eigenvalue weighted by Gasteiger charge is -2.08. The molecule has 0 radical (unpaired) electrons. The fourth-order valence-electron chi connectivity index (χ4n) is 3.05. The first-order valence-electron chi connectivity index (χ1n) is 7.58. The number of benzene rings is 1. The second kappa shape index (κ2) is 5.94. The smallest absolute Gasteiger partial charge is 0.160 e. The van der Waals surface area contributed by atoms with Gasteiger partial charge in [0.15, 0.2) is 5.65 Å². The minimum Gasteiger partial charge on any atom is -0.285 e. The third kappa shape index (κ3) is 2.73. The third-order valence-corrected chi connectivity index (χ3v) is 5.41. The van der Waals surface area contributed by atoms with Crippen LogP contribution in [0.15, 0.2) is 52.4 Å². The molecule has 0 atom stereocenters. The molecule has 0 aliphatic heterocycles. The Morgan fingerprint density at radius 2 is 1.68 bits per heavy atom. The monoisotopic (exact) mass is 329 g/mol. The zero-order valence-corrected chi connectivity index (χ0v) is 13.6. The van der Waals surface area contributed by atoms with Crippen molar-refractivity contribution in [3.8, 4) is 0 Å². The van der Waals surface area contributed by atoms with E-state index >= 15 is 0 Å². The van der Waals surface area contributed by atoms with Crippen molar-refractivity contribution in [3.63, 3.8) is 0 Å². The van der Waals surface area contributed by atoms with Crippen molar-refractivity contribution in [3.05, 3.63) is 53.4 Å². The molecule has 1 aromatic carbocycles. The lowest BCUT2D eigenvalue weighted by Crippen LogP contribution is -2.00. The molecule has 0 spiro atoms. The van der Waals surface area contributed by atoms with Gasteiger partial charge in [-0.3, -0.25) is 4.40 Å².